The molecule has 1 aliphatic carbocycles. The molecule has 1 rings (SSSR count). The summed E-state index contributed by atoms with van der Waals surface area (Å²) in [7, 11) is 0. The van der Waals surface area contributed by atoms with E-state index in [1.165, 1.54) is 12.8 Å². The van der Waals surface area contributed by atoms with Gasteiger partial charge in [-0.1, -0.05) is 6.42 Å². The molecule has 0 aromatic heterocycles. The minimum absolute atomic E-state index is 0.108. The Morgan fingerprint density at radius 3 is 2.25 bits per heavy atom. The smallest absolute Gasteiger partial charge is 0.111 e. The van der Waals surface area contributed by atoms with E-state index < -0.39 is 0 Å². The number of aliphatic hydroxyl groups excluding tert-OH is 1. The molecule has 0 saturated heterocycles. The van der Waals surface area contributed by atoms with Gasteiger partial charge in [0.2, 0.25) is 0 Å². The zero-order valence-electron chi connectivity index (χ0n) is 5.14. The average Bonchev–Trinajstić information content (AvgIpc) is 1.77. The van der Waals surface area contributed by atoms with Gasteiger partial charge in [-0.3, -0.25) is 0 Å². The Balaban J connectivity index is 2.28. The Morgan fingerprint density at radius 1 is 1.25 bits per heavy atom. The Labute approximate surface area is 49.7 Å². The molecule has 0 unspecified atom stereocenters. The van der Waals surface area contributed by atoms with E-state index in [0.29, 0.717) is 6.04 Å². The topological polar surface area (TPSA) is 47.9 Å². The molecule has 1 saturated carbocycles. The van der Waals surface area contributed by atoms with Gasteiger partial charge in [-0.05, 0) is 12.8 Å². The molecule has 0 amide bonds. The summed E-state index contributed by atoms with van der Waals surface area (Å²) in [6.07, 6.45) is 4.41. The number of aliphatic hydroxyl groups is 1. The van der Waals surface area contributed by atoms with Crippen LogP contribution in [-0.4, -0.2) is 17.3 Å². The van der Waals surface area contributed by atoms with Crippen LogP contribution < -0.4 is 5.73 Å². The molecule has 8 heavy (non-hydrogen) atoms. The lowest BCUT2D eigenvalue weighted by Gasteiger charge is -2.20. The van der Waals surface area contributed by atoms with Gasteiger partial charge in [-0.25, -0.2) is 0 Å². The van der Waals surface area contributed by atoms with Gasteiger partial charge in [-0.15, -0.1) is 0 Å². The molecular formula is C6H14NO+. The summed E-state index contributed by atoms with van der Waals surface area (Å²) < 4.78 is 0. The van der Waals surface area contributed by atoms with E-state index in [9.17, 15) is 0 Å². The van der Waals surface area contributed by atoms with E-state index in [4.69, 9.17) is 5.11 Å². The van der Waals surface area contributed by atoms with Crippen LogP contribution in [0.15, 0.2) is 0 Å². The number of hydrogen-bond acceptors (Lipinski definition) is 1. The number of rotatable bonds is 0. The number of hydrogen-bond donors (Lipinski definition) is 2. The molecule has 0 aromatic rings. The van der Waals surface area contributed by atoms with E-state index >= 15 is 0 Å². The second-order valence-corrected chi connectivity index (χ2v) is 2.61. The zero-order valence-corrected chi connectivity index (χ0v) is 5.14. The lowest BCUT2D eigenvalue weighted by Crippen LogP contribution is -2.67. The Bertz CT molecular complexity index is 64.9. The quantitative estimate of drug-likeness (QED) is 0.441. The SMILES string of the molecule is [NH3+][C@H]1CCCC[C@H]1O. The molecule has 1 fully saturated rings. The first-order chi connectivity index (χ1) is 3.80. The van der Waals surface area contributed by atoms with Crippen molar-refractivity contribution in [1.82, 2.24) is 0 Å². The van der Waals surface area contributed by atoms with E-state index in [-0.39, 0.29) is 6.10 Å². The van der Waals surface area contributed by atoms with Crippen molar-refractivity contribution >= 4 is 0 Å². The molecule has 4 N–H and O–H groups in total. The molecular weight excluding hydrogens is 102 g/mol. The van der Waals surface area contributed by atoms with Crippen molar-refractivity contribution in [2.45, 2.75) is 37.8 Å². The highest BCUT2D eigenvalue weighted by atomic mass is 16.3. The first kappa shape index (κ1) is 6.05. The first-order valence-electron chi connectivity index (χ1n) is 3.32. The largest absolute Gasteiger partial charge is 0.387 e. The third-order valence-electron chi connectivity index (χ3n) is 1.87. The Hall–Kier alpha value is -0.0800. The predicted molar refractivity (Wildman–Crippen MR) is 31.2 cm³/mol. The fourth-order valence-electron chi connectivity index (χ4n) is 1.19. The van der Waals surface area contributed by atoms with E-state index in [1.54, 1.807) is 0 Å². The maximum absolute atomic E-state index is 9.12. The van der Waals surface area contributed by atoms with Crippen molar-refractivity contribution in [1.29, 1.82) is 0 Å². The van der Waals surface area contributed by atoms with Crippen molar-refractivity contribution in [2.75, 3.05) is 0 Å². The standard InChI is InChI=1S/C6H13NO/c7-5-3-1-2-4-6(5)8/h5-6,8H,1-4,7H2/p+1/t5-,6+/m0/s1. The molecule has 0 radical (unpaired) electrons. The maximum Gasteiger partial charge on any atom is 0.111 e. The van der Waals surface area contributed by atoms with Crippen molar-refractivity contribution < 1.29 is 10.8 Å². The predicted octanol–water partition coefficient (Wildman–Crippen LogP) is -0.468. The molecule has 1 aliphatic rings. The molecule has 48 valence electrons. The van der Waals surface area contributed by atoms with Crippen LogP contribution in [0.5, 0.6) is 0 Å². The van der Waals surface area contributed by atoms with Gasteiger partial charge in [0.1, 0.15) is 12.1 Å². The summed E-state index contributed by atoms with van der Waals surface area (Å²) in [4.78, 5) is 0. The fourth-order valence-corrected chi connectivity index (χ4v) is 1.19. The lowest BCUT2D eigenvalue weighted by atomic mass is 9.94. The van der Waals surface area contributed by atoms with Gasteiger partial charge >= 0.3 is 0 Å². The lowest BCUT2D eigenvalue weighted by molar-refractivity contribution is -0.442. The van der Waals surface area contributed by atoms with Crippen molar-refractivity contribution in [3.05, 3.63) is 0 Å². The summed E-state index contributed by atoms with van der Waals surface area (Å²) in [6.45, 7) is 0. The highest BCUT2D eigenvalue weighted by Gasteiger charge is 2.21. The van der Waals surface area contributed by atoms with Gasteiger partial charge in [0.05, 0.1) is 0 Å². The molecule has 0 aromatic carbocycles. The molecule has 2 nitrogen and oxygen atoms in total. The van der Waals surface area contributed by atoms with Crippen molar-refractivity contribution in [2.24, 2.45) is 0 Å². The average molecular weight is 116 g/mol. The molecule has 0 aliphatic heterocycles. The van der Waals surface area contributed by atoms with Crippen LogP contribution in [0.2, 0.25) is 0 Å². The van der Waals surface area contributed by atoms with Crippen LogP contribution in [0.1, 0.15) is 25.7 Å². The molecule has 0 bridgehead atoms. The summed E-state index contributed by atoms with van der Waals surface area (Å²) in [5.41, 5.74) is 3.83. The molecule has 2 heteroatoms. The van der Waals surface area contributed by atoms with Gasteiger partial charge in [0.25, 0.3) is 0 Å². The number of quaternary nitrogens is 1. The third kappa shape index (κ3) is 1.20. The fraction of sp³-hybridized carbons (Fsp3) is 1.00. The second kappa shape index (κ2) is 2.46. The van der Waals surface area contributed by atoms with Gasteiger partial charge < -0.3 is 10.8 Å². The first-order valence-corrected chi connectivity index (χ1v) is 3.32. The normalized spacial score (nSPS) is 39.8. The van der Waals surface area contributed by atoms with Crippen LogP contribution in [0.25, 0.3) is 0 Å². The third-order valence-corrected chi connectivity index (χ3v) is 1.87. The minimum atomic E-state index is -0.108. The van der Waals surface area contributed by atoms with E-state index in [1.807, 2.05) is 0 Å². The van der Waals surface area contributed by atoms with Crippen LogP contribution in [0.3, 0.4) is 0 Å². The Kier molecular flexibility index (Phi) is 1.86. The van der Waals surface area contributed by atoms with Crippen molar-refractivity contribution in [3.8, 4) is 0 Å². The summed E-state index contributed by atoms with van der Waals surface area (Å²) in [5.74, 6) is 0. The van der Waals surface area contributed by atoms with E-state index in [0.717, 1.165) is 12.8 Å². The van der Waals surface area contributed by atoms with Crippen LogP contribution in [-0.2, 0) is 0 Å². The monoisotopic (exact) mass is 116 g/mol. The zero-order chi connectivity index (χ0) is 5.98. The van der Waals surface area contributed by atoms with E-state index in [2.05, 4.69) is 5.73 Å². The summed E-state index contributed by atoms with van der Waals surface area (Å²) in [6, 6.07) is 0.309. The molecule has 2 atom stereocenters. The minimum Gasteiger partial charge on any atom is -0.387 e. The summed E-state index contributed by atoms with van der Waals surface area (Å²) in [5, 5.41) is 9.12. The highest BCUT2D eigenvalue weighted by Crippen LogP contribution is 2.14. The van der Waals surface area contributed by atoms with Gasteiger partial charge in [-0.2, -0.15) is 0 Å². The van der Waals surface area contributed by atoms with Crippen molar-refractivity contribution in [3.63, 3.8) is 0 Å². The van der Waals surface area contributed by atoms with Gasteiger partial charge in [0.15, 0.2) is 0 Å². The Morgan fingerprint density at radius 2 is 1.88 bits per heavy atom. The van der Waals surface area contributed by atoms with Crippen LogP contribution in [0.4, 0.5) is 0 Å². The molecule has 0 heterocycles. The maximum atomic E-state index is 9.12. The van der Waals surface area contributed by atoms with Crippen LogP contribution in [0, 0.1) is 0 Å². The molecule has 0 spiro atoms. The van der Waals surface area contributed by atoms with Gasteiger partial charge in [0, 0.05) is 6.42 Å². The van der Waals surface area contributed by atoms with Crippen LogP contribution >= 0.6 is 0 Å². The highest BCUT2D eigenvalue weighted by molar-refractivity contribution is 4.70. The second-order valence-electron chi connectivity index (χ2n) is 2.61. The summed E-state index contributed by atoms with van der Waals surface area (Å²) >= 11 is 0.